The van der Waals surface area contributed by atoms with Gasteiger partial charge in [-0.2, -0.15) is 0 Å². The van der Waals surface area contributed by atoms with E-state index in [0.717, 1.165) is 17.2 Å². The molecule has 3 nitrogen and oxygen atoms in total. The van der Waals surface area contributed by atoms with Crippen LogP contribution in [0, 0.1) is 6.92 Å². The average Bonchev–Trinajstić information content (AvgIpc) is 2.02. The van der Waals surface area contributed by atoms with E-state index in [1.54, 1.807) is 19.1 Å². The van der Waals surface area contributed by atoms with Crippen LogP contribution in [-0.2, 0) is 4.79 Å². The van der Waals surface area contributed by atoms with Crippen LogP contribution in [-0.4, -0.2) is 16.2 Å². The minimum absolute atomic E-state index is 0.185. The summed E-state index contributed by atoms with van der Waals surface area (Å²) in [6, 6.07) is 4.78. The summed E-state index contributed by atoms with van der Waals surface area (Å²) in [7, 11) is 0. The molecule has 0 bridgehead atoms. The number of phenolic OH excluding ortho intramolecular Hbond substituents is 1. The van der Waals surface area contributed by atoms with Gasteiger partial charge in [-0.3, -0.25) is 0 Å². The molecule has 1 rings (SSSR count). The normalized spacial score (nSPS) is 10.5. The highest BCUT2D eigenvalue weighted by atomic mass is 16.4. The van der Waals surface area contributed by atoms with E-state index < -0.39 is 5.97 Å². The Morgan fingerprint density at radius 1 is 1.46 bits per heavy atom. The number of benzene rings is 1. The summed E-state index contributed by atoms with van der Waals surface area (Å²) >= 11 is 0. The van der Waals surface area contributed by atoms with Crippen LogP contribution in [0.25, 0.3) is 6.08 Å². The quantitative estimate of drug-likeness (QED) is 0.679. The van der Waals surface area contributed by atoms with Crippen LogP contribution in [0.15, 0.2) is 24.3 Å². The second-order valence-electron chi connectivity index (χ2n) is 2.71. The standard InChI is InChI=1S/C10H10O3/c1-7-6-9(11)4-2-8(7)3-5-10(12)13/h2-6,11H,1H3,(H,12,13)/b5-3+. The van der Waals surface area contributed by atoms with Gasteiger partial charge in [0.15, 0.2) is 0 Å². The van der Waals surface area contributed by atoms with Gasteiger partial charge >= 0.3 is 5.97 Å². The molecule has 0 heterocycles. The Morgan fingerprint density at radius 2 is 2.15 bits per heavy atom. The van der Waals surface area contributed by atoms with Gasteiger partial charge in [-0.05, 0) is 36.3 Å². The molecule has 0 atom stereocenters. The van der Waals surface area contributed by atoms with Gasteiger partial charge in [-0.25, -0.2) is 4.79 Å². The minimum Gasteiger partial charge on any atom is -0.508 e. The van der Waals surface area contributed by atoms with Crippen LogP contribution < -0.4 is 0 Å². The van der Waals surface area contributed by atoms with Crippen molar-refractivity contribution in [2.24, 2.45) is 0 Å². The Bertz CT molecular complexity index is 353. The molecule has 0 aromatic heterocycles. The van der Waals surface area contributed by atoms with Crippen LogP contribution in [0.4, 0.5) is 0 Å². The Labute approximate surface area is 76.0 Å². The molecule has 0 aliphatic rings. The molecular weight excluding hydrogens is 168 g/mol. The number of hydrogen-bond acceptors (Lipinski definition) is 2. The molecule has 3 heteroatoms. The van der Waals surface area contributed by atoms with Crippen LogP contribution >= 0.6 is 0 Å². The zero-order valence-corrected chi connectivity index (χ0v) is 7.19. The summed E-state index contributed by atoms with van der Waals surface area (Å²) in [6.45, 7) is 1.81. The number of aliphatic carboxylic acids is 1. The van der Waals surface area contributed by atoms with E-state index in [4.69, 9.17) is 10.2 Å². The zero-order valence-electron chi connectivity index (χ0n) is 7.19. The molecule has 68 valence electrons. The fraction of sp³-hybridized carbons (Fsp3) is 0.100. The molecule has 0 fully saturated rings. The van der Waals surface area contributed by atoms with Crippen molar-refractivity contribution >= 4 is 12.0 Å². The molecule has 0 unspecified atom stereocenters. The summed E-state index contributed by atoms with van der Waals surface area (Å²) in [6.07, 6.45) is 2.57. The number of phenols is 1. The summed E-state index contributed by atoms with van der Waals surface area (Å²) in [5.41, 5.74) is 1.64. The van der Waals surface area contributed by atoms with Gasteiger partial charge in [-0.1, -0.05) is 6.07 Å². The number of carbonyl (C=O) groups is 1. The molecule has 0 amide bonds. The first kappa shape index (κ1) is 9.32. The van der Waals surface area contributed by atoms with Gasteiger partial charge < -0.3 is 10.2 Å². The van der Waals surface area contributed by atoms with Crippen molar-refractivity contribution in [2.75, 3.05) is 0 Å². The van der Waals surface area contributed by atoms with Crippen molar-refractivity contribution in [1.29, 1.82) is 0 Å². The predicted octanol–water partition coefficient (Wildman–Crippen LogP) is 1.80. The first-order valence-electron chi connectivity index (χ1n) is 3.80. The third-order valence-electron chi connectivity index (χ3n) is 1.66. The molecule has 13 heavy (non-hydrogen) atoms. The molecule has 0 aliphatic carbocycles. The summed E-state index contributed by atoms with van der Waals surface area (Å²) in [5.74, 6) is -0.794. The Kier molecular flexibility index (Phi) is 2.69. The molecule has 0 saturated carbocycles. The molecule has 0 spiro atoms. The molecule has 0 radical (unpaired) electrons. The van der Waals surface area contributed by atoms with Crippen LogP contribution in [0.5, 0.6) is 5.75 Å². The first-order chi connectivity index (χ1) is 6.09. The van der Waals surface area contributed by atoms with Crippen molar-refractivity contribution in [3.05, 3.63) is 35.4 Å². The highest BCUT2D eigenvalue weighted by molar-refractivity contribution is 5.85. The largest absolute Gasteiger partial charge is 0.508 e. The maximum absolute atomic E-state index is 10.2. The van der Waals surface area contributed by atoms with Crippen LogP contribution in [0.2, 0.25) is 0 Å². The van der Waals surface area contributed by atoms with Crippen molar-refractivity contribution in [1.82, 2.24) is 0 Å². The van der Waals surface area contributed by atoms with E-state index >= 15 is 0 Å². The van der Waals surface area contributed by atoms with E-state index in [1.807, 2.05) is 0 Å². The number of aromatic hydroxyl groups is 1. The maximum atomic E-state index is 10.2. The van der Waals surface area contributed by atoms with E-state index in [0.29, 0.717) is 0 Å². The number of hydrogen-bond donors (Lipinski definition) is 2. The Balaban J connectivity index is 2.96. The summed E-state index contributed by atoms with van der Waals surface area (Å²) < 4.78 is 0. The van der Waals surface area contributed by atoms with Gasteiger partial charge in [0.2, 0.25) is 0 Å². The number of carboxylic acids is 1. The van der Waals surface area contributed by atoms with Crippen molar-refractivity contribution in [3.63, 3.8) is 0 Å². The molecule has 0 aliphatic heterocycles. The highest BCUT2D eigenvalue weighted by Gasteiger charge is 1.95. The molecular formula is C10H10O3. The highest BCUT2D eigenvalue weighted by Crippen LogP contribution is 2.16. The average molecular weight is 178 g/mol. The Hall–Kier alpha value is -1.77. The Morgan fingerprint density at radius 3 is 2.69 bits per heavy atom. The van der Waals surface area contributed by atoms with E-state index in [-0.39, 0.29) is 5.75 Å². The molecule has 0 saturated heterocycles. The van der Waals surface area contributed by atoms with Crippen LogP contribution in [0.1, 0.15) is 11.1 Å². The SMILES string of the molecule is Cc1cc(O)ccc1/C=C/C(=O)O. The third-order valence-corrected chi connectivity index (χ3v) is 1.66. The second kappa shape index (κ2) is 3.76. The van der Waals surface area contributed by atoms with E-state index in [2.05, 4.69) is 0 Å². The lowest BCUT2D eigenvalue weighted by atomic mass is 10.1. The van der Waals surface area contributed by atoms with E-state index in [9.17, 15) is 4.79 Å². The monoisotopic (exact) mass is 178 g/mol. The van der Waals surface area contributed by atoms with Crippen molar-refractivity contribution < 1.29 is 15.0 Å². The fourth-order valence-electron chi connectivity index (χ4n) is 1.01. The lowest BCUT2D eigenvalue weighted by Gasteiger charge is -1.99. The first-order valence-corrected chi connectivity index (χ1v) is 3.80. The van der Waals surface area contributed by atoms with Gasteiger partial charge in [0.1, 0.15) is 5.75 Å². The second-order valence-corrected chi connectivity index (χ2v) is 2.71. The van der Waals surface area contributed by atoms with E-state index in [1.165, 1.54) is 12.1 Å². The third kappa shape index (κ3) is 2.63. The van der Waals surface area contributed by atoms with Gasteiger partial charge in [0.25, 0.3) is 0 Å². The summed E-state index contributed by atoms with van der Waals surface area (Å²) in [5, 5.41) is 17.5. The lowest BCUT2D eigenvalue weighted by Crippen LogP contribution is -1.86. The molecule has 2 N–H and O–H groups in total. The zero-order chi connectivity index (χ0) is 9.84. The van der Waals surface area contributed by atoms with Gasteiger partial charge in [0, 0.05) is 6.08 Å². The maximum Gasteiger partial charge on any atom is 0.328 e. The van der Waals surface area contributed by atoms with Gasteiger partial charge in [-0.15, -0.1) is 0 Å². The smallest absolute Gasteiger partial charge is 0.328 e. The molecule has 1 aromatic rings. The minimum atomic E-state index is -0.979. The summed E-state index contributed by atoms with van der Waals surface area (Å²) in [4.78, 5) is 10.2. The fourth-order valence-corrected chi connectivity index (χ4v) is 1.01. The number of carboxylic acid groups (broad SMARTS) is 1. The van der Waals surface area contributed by atoms with Gasteiger partial charge in [0.05, 0.1) is 0 Å². The number of rotatable bonds is 2. The number of aryl methyl sites for hydroxylation is 1. The predicted molar refractivity (Wildman–Crippen MR) is 49.5 cm³/mol. The van der Waals surface area contributed by atoms with Crippen molar-refractivity contribution in [2.45, 2.75) is 6.92 Å². The molecule has 1 aromatic carbocycles. The lowest BCUT2D eigenvalue weighted by molar-refractivity contribution is -0.131. The van der Waals surface area contributed by atoms with Crippen LogP contribution in [0.3, 0.4) is 0 Å². The van der Waals surface area contributed by atoms with Crippen molar-refractivity contribution in [3.8, 4) is 5.75 Å². The topological polar surface area (TPSA) is 57.5 Å².